The Balaban J connectivity index is 1.94. The molecule has 0 bridgehead atoms. The molecule has 0 saturated carbocycles. The summed E-state index contributed by atoms with van der Waals surface area (Å²) in [6.45, 7) is 11.5. The Kier molecular flexibility index (Phi) is 12.0. The second-order valence-electron chi connectivity index (χ2n) is 6.54. The van der Waals surface area contributed by atoms with Crippen molar-refractivity contribution in [1.29, 1.82) is 0 Å². The molecule has 1 aliphatic heterocycles. The summed E-state index contributed by atoms with van der Waals surface area (Å²) < 4.78 is 5.09. The summed E-state index contributed by atoms with van der Waals surface area (Å²) in [6.07, 6.45) is 6.19. The number of nitrogens with two attached hydrogens (primary N) is 1. The van der Waals surface area contributed by atoms with Gasteiger partial charge in [-0.25, -0.2) is 0 Å². The Morgan fingerprint density at radius 3 is 1.95 bits per heavy atom. The fourth-order valence-electron chi connectivity index (χ4n) is 3.02. The number of rotatable bonds is 13. The van der Waals surface area contributed by atoms with Crippen LogP contribution in [-0.4, -0.2) is 94.4 Å². The molecule has 132 valence electrons. The van der Waals surface area contributed by atoms with E-state index in [9.17, 15) is 0 Å². The van der Waals surface area contributed by atoms with Crippen LogP contribution in [0.5, 0.6) is 0 Å². The van der Waals surface area contributed by atoms with E-state index >= 15 is 0 Å². The second kappa shape index (κ2) is 13.3. The maximum atomic E-state index is 5.55. The number of piperazine rings is 1. The zero-order chi connectivity index (χ0) is 16.0. The highest BCUT2D eigenvalue weighted by molar-refractivity contribution is 4.72. The highest BCUT2D eigenvalue weighted by Gasteiger charge is 2.15. The fourth-order valence-corrected chi connectivity index (χ4v) is 3.02. The summed E-state index contributed by atoms with van der Waals surface area (Å²) in [5.41, 5.74) is 5.55. The molecule has 0 aromatic heterocycles. The lowest BCUT2D eigenvalue weighted by Crippen LogP contribution is -2.46. The van der Waals surface area contributed by atoms with Crippen LogP contribution in [0.25, 0.3) is 0 Å². The van der Waals surface area contributed by atoms with Crippen molar-refractivity contribution in [3.05, 3.63) is 0 Å². The van der Waals surface area contributed by atoms with Crippen LogP contribution in [0.15, 0.2) is 0 Å². The van der Waals surface area contributed by atoms with Gasteiger partial charge >= 0.3 is 0 Å². The van der Waals surface area contributed by atoms with Gasteiger partial charge in [-0.15, -0.1) is 0 Å². The van der Waals surface area contributed by atoms with Crippen molar-refractivity contribution in [2.45, 2.75) is 32.1 Å². The van der Waals surface area contributed by atoms with Crippen molar-refractivity contribution < 1.29 is 4.74 Å². The maximum absolute atomic E-state index is 5.55. The van der Waals surface area contributed by atoms with Gasteiger partial charge in [0.25, 0.3) is 0 Å². The number of hydrogen-bond donors (Lipinski definition) is 1. The Morgan fingerprint density at radius 2 is 1.41 bits per heavy atom. The van der Waals surface area contributed by atoms with Crippen LogP contribution in [0.4, 0.5) is 0 Å². The lowest BCUT2D eigenvalue weighted by molar-refractivity contribution is 0.128. The van der Waals surface area contributed by atoms with Gasteiger partial charge < -0.3 is 25.2 Å². The Hall–Kier alpha value is -0.200. The average Bonchev–Trinajstić information content (AvgIpc) is 2.53. The van der Waals surface area contributed by atoms with Crippen LogP contribution in [0.2, 0.25) is 0 Å². The van der Waals surface area contributed by atoms with Crippen molar-refractivity contribution in [3.63, 3.8) is 0 Å². The largest absolute Gasteiger partial charge is 0.385 e. The van der Waals surface area contributed by atoms with Gasteiger partial charge in [0.1, 0.15) is 0 Å². The Bertz CT molecular complexity index is 245. The summed E-state index contributed by atoms with van der Waals surface area (Å²) in [6, 6.07) is 0. The van der Waals surface area contributed by atoms with Gasteiger partial charge in [0.2, 0.25) is 0 Å². The second-order valence-corrected chi connectivity index (χ2v) is 6.54. The standard InChI is InChI=1S/C17H38N4O/c1-19(10-7-17-22-2)9-5-6-12-21-15-13-20(14-16-21)11-4-3-8-18/h3-18H2,1-2H3. The minimum absolute atomic E-state index is 0.833. The molecule has 1 heterocycles. The summed E-state index contributed by atoms with van der Waals surface area (Å²) in [5.74, 6) is 0. The highest BCUT2D eigenvalue weighted by atomic mass is 16.5. The SMILES string of the molecule is COCCCN(C)CCCCN1CCN(CCCCN)CC1. The van der Waals surface area contributed by atoms with Crippen LogP contribution in [0, 0.1) is 0 Å². The molecule has 0 spiro atoms. The molecule has 1 rings (SSSR count). The van der Waals surface area contributed by atoms with Gasteiger partial charge in [0.15, 0.2) is 0 Å². The Morgan fingerprint density at radius 1 is 0.864 bits per heavy atom. The van der Waals surface area contributed by atoms with E-state index < -0.39 is 0 Å². The first-order valence-corrected chi connectivity index (χ1v) is 9.08. The summed E-state index contributed by atoms with van der Waals surface area (Å²) in [5, 5.41) is 0. The first kappa shape index (κ1) is 19.8. The molecular formula is C17H38N4O. The van der Waals surface area contributed by atoms with E-state index in [2.05, 4.69) is 21.7 Å². The van der Waals surface area contributed by atoms with Crippen LogP contribution in [0.1, 0.15) is 32.1 Å². The number of hydrogen-bond acceptors (Lipinski definition) is 5. The van der Waals surface area contributed by atoms with E-state index in [1.54, 1.807) is 7.11 Å². The summed E-state index contributed by atoms with van der Waals surface area (Å²) >= 11 is 0. The smallest absolute Gasteiger partial charge is 0.0474 e. The Labute approximate surface area is 137 Å². The van der Waals surface area contributed by atoms with Crippen LogP contribution >= 0.6 is 0 Å². The topological polar surface area (TPSA) is 45.0 Å². The van der Waals surface area contributed by atoms with Gasteiger partial charge in [-0.1, -0.05) is 0 Å². The normalized spacial score (nSPS) is 17.5. The first-order valence-electron chi connectivity index (χ1n) is 9.08. The van der Waals surface area contributed by atoms with Crippen molar-refractivity contribution in [2.75, 3.05) is 79.7 Å². The lowest BCUT2D eigenvalue weighted by atomic mass is 10.2. The summed E-state index contributed by atoms with van der Waals surface area (Å²) in [7, 11) is 3.99. The number of nitrogens with zero attached hydrogens (tertiary/aromatic N) is 3. The molecule has 2 N–H and O–H groups in total. The van der Waals surface area contributed by atoms with Gasteiger partial charge in [0.05, 0.1) is 0 Å². The molecule has 0 aromatic carbocycles. The van der Waals surface area contributed by atoms with Crippen LogP contribution < -0.4 is 5.73 Å². The molecule has 0 amide bonds. The molecule has 0 aromatic rings. The zero-order valence-electron chi connectivity index (χ0n) is 14.9. The highest BCUT2D eigenvalue weighted by Crippen LogP contribution is 2.05. The van der Waals surface area contributed by atoms with Gasteiger partial charge in [-0.2, -0.15) is 0 Å². The minimum Gasteiger partial charge on any atom is -0.385 e. The van der Waals surface area contributed by atoms with Crippen molar-refractivity contribution >= 4 is 0 Å². The third kappa shape index (κ3) is 9.74. The molecule has 1 aliphatic rings. The van der Waals surface area contributed by atoms with E-state index in [4.69, 9.17) is 10.5 Å². The van der Waals surface area contributed by atoms with Gasteiger partial charge in [-0.05, 0) is 65.3 Å². The van der Waals surface area contributed by atoms with E-state index in [-0.39, 0.29) is 0 Å². The molecule has 1 saturated heterocycles. The molecule has 0 unspecified atom stereocenters. The van der Waals surface area contributed by atoms with E-state index in [1.807, 2.05) is 0 Å². The number of ether oxygens (including phenoxy) is 1. The number of unbranched alkanes of at least 4 members (excludes halogenated alkanes) is 2. The van der Waals surface area contributed by atoms with Crippen LogP contribution in [0.3, 0.4) is 0 Å². The van der Waals surface area contributed by atoms with Crippen molar-refractivity contribution in [1.82, 2.24) is 14.7 Å². The molecule has 1 fully saturated rings. The van der Waals surface area contributed by atoms with E-state index in [0.29, 0.717) is 0 Å². The zero-order valence-corrected chi connectivity index (χ0v) is 14.9. The van der Waals surface area contributed by atoms with E-state index in [0.717, 1.165) is 32.5 Å². The minimum atomic E-state index is 0.833. The molecule has 0 atom stereocenters. The number of methoxy groups -OCH3 is 1. The predicted molar refractivity (Wildman–Crippen MR) is 94.4 cm³/mol. The molecule has 5 heteroatoms. The molecule has 0 radical (unpaired) electrons. The monoisotopic (exact) mass is 314 g/mol. The molecular weight excluding hydrogens is 276 g/mol. The molecule has 22 heavy (non-hydrogen) atoms. The van der Waals surface area contributed by atoms with Gasteiger partial charge in [0, 0.05) is 46.4 Å². The van der Waals surface area contributed by atoms with Crippen LogP contribution in [-0.2, 0) is 4.74 Å². The van der Waals surface area contributed by atoms with Crippen molar-refractivity contribution in [3.8, 4) is 0 Å². The van der Waals surface area contributed by atoms with Gasteiger partial charge in [-0.3, -0.25) is 0 Å². The fraction of sp³-hybridized carbons (Fsp3) is 1.00. The van der Waals surface area contributed by atoms with Crippen molar-refractivity contribution in [2.24, 2.45) is 5.73 Å². The predicted octanol–water partition coefficient (Wildman–Crippen LogP) is 1.09. The quantitative estimate of drug-likeness (QED) is 0.516. The lowest BCUT2D eigenvalue weighted by Gasteiger charge is -2.34. The third-order valence-electron chi connectivity index (χ3n) is 4.55. The molecule has 0 aliphatic carbocycles. The molecule has 5 nitrogen and oxygen atoms in total. The summed E-state index contributed by atoms with van der Waals surface area (Å²) in [4.78, 5) is 7.65. The third-order valence-corrected chi connectivity index (χ3v) is 4.55. The average molecular weight is 315 g/mol. The first-order chi connectivity index (χ1) is 10.8. The maximum Gasteiger partial charge on any atom is 0.0474 e. The van der Waals surface area contributed by atoms with E-state index in [1.165, 1.54) is 65.1 Å².